The number of halogens is 1. The highest BCUT2D eigenvalue weighted by molar-refractivity contribution is 6.30. The molecule has 2 rings (SSSR count). The molecule has 0 amide bonds. The SMILES string of the molecule is CNC(c1cc(Cl)cnc1N)C1CCCCCC1. The second kappa shape index (κ2) is 6.39. The highest BCUT2D eigenvalue weighted by atomic mass is 35.5. The van der Waals surface area contributed by atoms with Gasteiger partial charge in [0.2, 0.25) is 0 Å². The molecule has 1 unspecified atom stereocenters. The zero-order valence-corrected chi connectivity index (χ0v) is 11.7. The molecule has 0 bridgehead atoms. The van der Waals surface area contributed by atoms with E-state index in [0.717, 1.165) is 5.56 Å². The third-order valence-electron chi connectivity index (χ3n) is 3.93. The number of nitrogens with zero attached hydrogens (tertiary/aromatic N) is 1. The number of nitrogen functional groups attached to an aromatic ring is 1. The molecule has 1 atom stereocenters. The number of aromatic nitrogens is 1. The zero-order chi connectivity index (χ0) is 13.0. The Morgan fingerprint density at radius 3 is 2.61 bits per heavy atom. The average Bonchev–Trinajstić information content (AvgIpc) is 2.64. The normalized spacial score (nSPS) is 19.4. The summed E-state index contributed by atoms with van der Waals surface area (Å²) in [6.45, 7) is 0. The minimum Gasteiger partial charge on any atom is -0.383 e. The zero-order valence-electron chi connectivity index (χ0n) is 11.0. The molecule has 3 N–H and O–H groups in total. The summed E-state index contributed by atoms with van der Waals surface area (Å²) in [4.78, 5) is 4.17. The van der Waals surface area contributed by atoms with Crippen molar-refractivity contribution in [2.24, 2.45) is 5.92 Å². The maximum Gasteiger partial charge on any atom is 0.128 e. The Morgan fingerprint density at radius 1 is 1.33 bits per heavy atom. The standard InChI is InChI=1S/C14H22ClN3/c1-17-13(10-6-4-2-3-5-7-10)12-8-11(15)9-18-14(12)16/h8-10,13,17H,2-7H2,1H3,(H2,16,18). The van der Waals surface area contributed by atoms with Crippen molar-refractivity contribution in [2.75, 3.05) is 12.8 Å². The average molecular weight is 268 g/mol. The highest BCUT2D eigenvalue weighted by Gasteiger charge is 2.25. The molecule has 1 saturated carbocycles. The Kier molecular flexibility index (Phi) is 4.84. The van der Waals surface area contributed by atoms with Crippen LogP contribution in [0, 0.1) is 5.92 Å². The van der Waals surface area contributed by atoms with Gasteiger partial charge in [0.05, 0.1) is 5.02 Å². The molecule has 0 radical (unpaired) electrons. The predicted molar refractivity (Wildman–Crippen MR) is 76.7 cm³/mol. The lowest BCUT2D eigenvalue weighted by molar-refractivity contribution is 0.342. The van der Waals surface area contributed by atoms with Crippen LogP contribution < -0.4 is 11.1 Å². The van der Waals surface area contributed by atoms with Crippen LogP contribution in [0.4, 0.5) is 5.82 Å². The maximum atomic E-state index is 6.04. The van der Waals surface area contributed by atoms with Crippen molar-refractivity contribution < 1.29 is 0 Å². The first-order chi connectivity index (χ1) is 8.72. The van der Waals surface area contributed by atoms with Crippen LogP contribution >= 0.6 is 11.6 Å². The summed E-state index contributed by atoms with van der Waals surface area (Å²) in [7, 11) is 2.00. The third-order valence-corrected chi connectivity index (χ3v) is 4.14. The molecular formula is C14H22ClN3. The van der Waals surface area contributed by atoms with Gasteiger partial charge in [-0.05, 0) is 31.9 Å². The Hall–Kier alpha value is -0.800. The molecule has 0 aromatic carbocycles. The van der Waals surface area contributed by atoms with Gasteiger partial charge in [-0.2, -0.15) is 0 Å². The monoisotopic (exact) mass is 267 g/mol. The van der Waals surface area contributed by atoms with Gasteiger partial charge in [-0.1, -0.05) is 37.3 Å². The van der Waals surface area contributed by atoms with Crippen molar-refractivity contribution in [3.05, 3.63) is 22.8 Å². The van der Waals surface area contributed by atoms with E-state index in [2.05, 4.69) is 10.3 Å². The predicted octanol–water partition coefficient (Wildman–Crippen LogP) is 3.55. The van der Waals surface area contributed by atoms with Crippen molar-refractivity contribution >= 4 is 17.4 Å². The lowest BCUT2D eigenvalue weighted by Crippen LogP contribution is -2.26. The number of nitrogens with one attached hydrogen (secondary N) is 1. The van der Waals surface area contributed by atoms with Crippen LogP contribution in [0.5, 0.6) is 0 Å². The van der Waals surface area contributed by atoms with Crippen LogP contribution in [0.1, 0.15) is 50.1 Å². The van der Waals surface area contributed by atoms with Crippen LogP contribution in [0.2, 0.25) is 5.02 Å². The fraction of sp³-hybridized carbons (Fsp3) is 0.643. The summed E-state index contributed by atoms with van der Waals surface area (Å²) in [5.41, 5.74) is 7.05. The molecule has 4 heteroatoms. The van der Waals surface area contributed by atoms with Crippen LogP contribution in [0.25, 0.3) is 0 Å². The van der Waals surface area contributed by atoms with Crippen LogP contribution in [-0.4, -0.2) is 12.0 Å². The smallest absolute Gasteiger partial charge is 0.128 e. The fourth-order valence-electron chi connectivity index (χ4n) is 3.00. The van der Waals surface area contributed by atoms with E-state index in [1.807, 2.05) is 13.1 Å². The van der Waals surface area contributed by atoms with E-state index in [-0.39, 0.29) is 6.04 Å². The number of nitrogens with two attached hydrogens (primary N) is 1. The van der Waals surface area contributed by atoms with E-state index in [9.17, 15) is 0 Å². The van der Waals surface area contributed by atoms with Gasteiger partial charge < -0.3 is 11.1 Å². The second-order valence-electron chi connectivity index (χ2n) is 5.15. The lowest BCUT2D eigenvalue weighted by Gasteiger charge is -2.27. The summed E-state index contributed by atoms with van der Waals surface area (Å²) < 4.78 is 0. The number of anilines is 1. The molecule has 1 aliphatic rings. The van der Waals surface area contributed by atoms with Gasteiger partial charge in [0.15, 0.2) is 0 Å². The Morgan fingerprint density at radius 2 is 2.00 bits per heavy atom. The largest absolute Gasteiger partial charge is 0.383 e. The van der Waals surface area contributed by atoms with E-state index in [1.54, 1.807) is 6.20 Å². The van der Waals surface area contributed by atoms with Crippen LogP contribution in [0.15, 0.2) is 12.3 Å². The Labute approximate surface area is 114 Å². The molecule has 0 aliphatic heterocycles. The molecular weight excluding hydrogens is 246 g/mol. The van der Waals surface area contributed by atoms with Gasteiger partial charge in [0.1, 0.15) is 5.82 Å². The summed E-state index contributed by atoms with van der Waals surface area (Å²) in [5, 5.41) is 4.07. The minimum absolute atomic E-state index is 0.272. The number of pyridine rings is 1. The summed E-state index contributed by atoms with van der Waals surface area (Å²) >= 11 is 6.04. The fourth-order valence-corrected chi connectivity index (χ4v) is 3.17. The van der Waals surface area contributed by atoms with E-state index in [0.29, 0.717) is 16.8 Å². The molecule has 0 spiro atoms. The summed E-state index contributed by atoms with van der Waals surface area (Å²) in [5.74, 6) is 1.24. The number of rotatable bonds is 3. The molecule has 1 heterocycles. The van der Waals surface area contributed by atoms with Crippen LogP contribution in [-0.2, 0) is 0 Å². The molecule has 100 valence electrons. The first-order valence-electron chi connectivity index (χ1n) is 6.80. The van der Waals surface area contributed by atoms with E-state index in [1.165, 1.54) is 38.5 Å². The molecule has 1 aromatic heterocycles. The summed E-state index contributed by atoms with van der Waals surface area (Å²) in [6, 6.07) is 2.23. The van der Waals surface area contributed by atoms with E-state index >= 15 is 0 Å². The highest BCUT2D eigenvalue weighted by Crippen LogP contribution is 2.35. The van der Waals surface area contributed by atoms with Gasteiger partial charge in [0.25, 0.3) is 0 Å². The molecule has 0 saturated heterocycles. The van der Waals surface area contributed by atoms with Gasteiger partial charge in [0, 0.05) is 17.8 Å². The van der Waals surface area contributed by atoms with Crippen molar-refractivity contribution in [3.63, 3.8) is 0 Å². The second-order valence-corrected chi connectivity index (χ2v) is 5.58. The number of hydrogen-bond acceptors (Lipinski definition) is 3. The number of hydrogen-bond donors (Lipinski definition) is 2. The van der Waals surface area contributed by atoms with Crippen molar-refractivity contribution in [1.29, 1.82) is 0 Å². The van der Waals surface area contributed by atoms with Gasteiger partial charge >= 0.3 is 0 Å². The van der Waals surface area contributed by atoms with Crippen molar-refractivity contribution in [1.82, 2.24) is 10.3 Å². The molecule has 3 nitrogen and oxygen atoms in total. The molecule has 1 fully saturated rings. The minimum atomic E-state index is 0.272. The maximum absolute atomic E-state index is 6.04. The first kappa shape index (κ1) is 13.6. The van der Waals surface area contributed by atoms with Crippen LogP contribution in [0.3, 0.4) is 0 Å². The van der Waals surface area contributed by atoms with Crippen molar-refractivity contribution in [3.8, 4) is 0 Å². The van der Waals surface area contributed by atoms with Gasteiger partial charge in [-0.3, -0.25) is 0 Å². The molecule has 1 aliphatic carbocycles. The quantitative estimate of drug-likeness (QED) is 0.824. The lowest BCUT2D eigenvalue weighted by atomic mass is 9.87. The first-order valence-corrected chi connectivity index (χ1v) is 7.18. The summed E-state index contributed by atoms with van der Waals surface area (Å²) in [6.07, 6.45) is 9.48. The van der Waals surface area contributed by atoms with Crippen molar-refractivity contribution in [2.45, 2.75) is 44.6 Å². The molecule has 18 heavy (non-hydrogen) atoms. The van der Waals surface area contributed by atoms with Gasteiger partial charge in [-0.15, -0.1) is 0 Å². The Balaban J connectivity index is 2.23. The Bertz CT molecular complexity index is 387. The van der Waals surface area contributed by atoms with E-state index < -0.39 is 0 Å². The third kappa shape index (κ3) is 3.15. The van der Waals surface area contributed by atoms with Gasteiger partial charge in [-0.25, -0.2) is 4.98 Å². The topological polar surface area (TPSA) is 50.9 Å². The molecule has 1 aromatic rings. The van der Waals surface area contributed by atoms with E-state index in [4.69, 9.17) is 17.3 Å².